The predicted octanol–water partition coefficient (Wildman–Crippen LogP) is 2.12. The number of aromatic hydroxyl groups is 1. The molecule has 0 saturated heterocycles. The van der Waals surface area contributed by atoms with E-state index in [-0.39, 0.29) is 18.9 Å². The fourth-order valence-electron chi connectivity index (χ4n) is 1.47. The van der Waals surface area contributed by atoms with E-state index < -0.39 is 35.2 Å². The van der Waals surface area contributed by atoms with Crippen LogP contribution in [0.3, 0.4) is 0 Å². The van der Waals surface area contributed by atoms with Crippen molar-refractivity contribution in [2.24, 2.45) is 10.9 Å². The lowest BCUT2D eigenvalue weighted by Crippen LogP contribution is -2.29. The monoisotopic (exact) mass is 315 g/mol. The lowest BCUT2D eigenvalue weighted by atomic mass is 10.1. The molecule has 0 heterocycles. The van der Waals surface area contributed by atoms with Crippen molar-refractivity contribution in [3.8, 4) is 5.75 Å². The van der Waals surface area contributed by atoms with Crippen LogP contribution in [0.1, 0.15) is 13.8 Å². The van der Waals surface area contributed by atoms with Gasteiger partial charge in [0.1, 0.15) is 5.69 Å². The van der Waals surface area contributed by atoms with Crippen molar-refractivity contribution in [3.63, 3.8) is 0 Å². The molecule has 0 spiro atoms. The Morgan fingerprint density at radius 3 is 2.27 bits per heavy atom. The predicted molar refractivity (Wildman–Crippen MR) is 72.9 cm³/mol. The zero-order chi connectivity index (χ0) is 16.7. The zero-order valence-corrected chi connectivity index (χ0v) is 12.0. The summed E-state index contributed by atoms with van der Waals surface area (Å²) in [5.74, 6) is -7.00. The molecule has 0 aromatic heterocycles. The molecule has 0 saturated carbocycles. The Hall–Kier alpha value is -2.51. The van der Waals surface area contributed by atoms with Crippen molar-refractivity contribution >= 4 is 23.8 Å². The van der Waals surface area contributed by atoms with Crippen LogP contribution in [0.5, 0.6) is 5.75 Å². The summed E-state index contributed by atoms with van der Waals surface area (Å²) in [6.07, 6.45) is 0.850. The largest absolute Gasteiger partial charge is 0.503 e. The summed E-state index contributed by atoms with van der Waals surface area (Å²) >= 11 is 0. The van der Waals surface area contributed by atoms with Gasteiger partial charge in [0.05, 0.1) is 13.2 Å². The van der Waals surface area contributed by atoms with E-state index in [1.165, 1.54) is 0 Å². The number of rotatable bonds is 6. The number of hydrogen-bond acceptors (Lipinski definition) is 6. The van der Waals surface area contributed by atoms with Gasteiger partial charge in [-0.05, 0) is 26.0 Å². The molecular formula is C14H15F2NO5. The van der Waals surface area contributed by atoms with Gasteiger partial charge in [0, 0.05) is 6.21 Å². The number of aliphatic imine (C=N–C) groups is 1. The standard InChI is InChI=1S/C14H15F2NO5/c1-3-21-13(19)8(14(20)22-4-2)7-17-10-6-5-9(15)11(16)12(10)18/h5-8,18H,3-4H2,1-2H3. The lowest BCUT2D eigenvalue weighted by Gasteiger charge is -2.10. The van der Waals surface area contributed by atoms with E-state index in [9.17, 15) is 23.5 Å². The van der Waals surface area contributed by atoms with Gasteiger partial charge in [-0.15, -0.1) is 0 Å². The Morgan fingerprint density at radius 2 is 1.77 bits per heavy atom. The maximum absolute atomic E-state index is 13.2. The zero-order valence-electron chi connectivity index (χ0n) is 12.0. The van der Waals surface area contributed by atoms with E-state index in [1.807, 2.05) is 0 Å². The van der Waals surface area contributed by atoms with Crippen molar-refractivity contribution in [1.82, 2.24) is 0 Å². The van der Waals surface area contributed by atoms with Gasteiger partial charge in [0.2, 0.25) is 5.82 Å². The van der Waals surface area contributed by atoms with Crippen LogP contribution in [0.15, 0.2) is 17.1 Å². The average Bonchev–Trinajstić information content (AvgIpc) is 2.48. The first kappa shape index (κ1) is 17.5. The third kappa shape index (κ3) is 4.24. The van der Waals surface area contributed by atoms with Crippen LogP contribution in [0.2, 0.25) is 0 Å². The first-order valence-electron chi connectivity index (χ1n) is 6.46. The van der Waals surface area contributed by atoms with E-state index in [0.29, 0.717) is 0 Å². The molecule has 0 bridgehead atoms. The number of carbonyl (C=O) groups excluding carboxylic acids is 2. The minimum atomic E-state index is -1.47. The normalized spacial score (nSPS) is 11.0. The van der Waals surface area contributed by atoms with Crippen molar-refractivity contribution < 1.29 is 33.0 Å². The van der Waals surface area contributed by atoms with Crippen LogP contribution >= 0.6 is 0 Å². The molecule has 0 aliphatic rings. The highest BCUT2D eigenvalue weighted by Gasteiger charge is 2.28. The van der Waals surface area contributed by atoms with E-state index >= 15 is 0 Å². The number of hydrogen-bond donors (Lipinski definition) is 1. The van der Waals surface area contributed by atoms with Crippen LogP contribution in [0.25, 0.3) is 0 Å². The van der Waals surface area contributed by atoms with Gasteiger partial charge in [-0.2, -0.15) is 4.39 Å². The molecule has 0 aliphatic heterocycles. The summed E-state index contributed by atoms with van der Waals surface area (Å²) in [5.41, 5.74) is -0.336. The van der Waals surface area contributed by atoms with Crippen molar-refractivity contribution in [3.05, 3.63) is 23.8 Å². The maximum atomic E-state index is 13.2. The van der Waals surface area contributed by atoms with Gasteiger partial charge in [-0.25, -0.2) is 4.39 Å². The molecule has 120 valence electrons. The molecule has 8 heteroatoms. The molecule has 22 heavy (non-hydrogen) atoms. The van der Waals surface area contributed by atoms with E-state index in [2.05, 4.69) is 4.99 Å². The Balaban J connectivity index is 3.05. The summed E-state index contributed by atoms with van der Waals surface area (Å²) in [7, 11) is 0. The summed E-state index contributed by atoms with van der Waals surface area (Å²) < 4.78 is 35.5. The number of phenols is 1. The third-order valence-corrected chi connectivity index (χ3v) is 2.49. The van der Waals surface area contributed by atoms with Crippen molar-refractivity contribution in [1.29, 1.82) is 0 Å². The number of phenolic OH excluding ortho intramolecular Hbond substituents is 1. The Kier molecular flexibility index (Phi) is 6.43. The van der Waals surface area contributed by atoms with Crippen LogP contribution in [0.4, 0.5) is 14.5 Å². The van der Waals surface area contributed by atoms with Gasteiger partial charge >= 0.3 is 11.9 Å². The van der Waals surface area contributed by atoms with Crippen molar-refractivity contribution in [2.75, 3.05) is 13.2 Å². The van der Waals surface area contributed by atoms with Crippen molar-refractivity contribution in [2.45, 2.75) is 13.8 Å². The molecule has 0 fully saturated rings. The van der Waals surface area contributed by atoms with E-state index in [4.69, 9.17) is 9.47 Å². The first-order valence-corrected chi connectivity index (χ1v) is 6.46. The minimum absolute atomic E-state index is 0.0407. The number of benzene rings is 1. The molecule has 0 radical (unpaired) electrons. The fourth-order valence-corrected chi connectivity index (χ4v) is 1.47. The number of halogens is 2. The van der Waals surface area contributed by atoms with Gasteiger partial charge in [0.25, 0.3) is 0 Å². The second-order valence-corrected chi connectivity index (χ2v) is 3.99. The number of ether oxygens (including phenoxy) is 2. The van der Waals surface area contributed by atoms with E-state index in [1.54, 1.807) is 13.8 Å². The average molecular weight is 315 g/mol. The summed E-state index contributed by atoms with van der Waals surface area (Å²) in [4.78, 5) is 27.0. The lowest BCUT2D eigenvalue weighted by molar-refractivity contribution is -0.157. The third-order valence-electron chi connectivity index (χ3n) is 2.49. The molecule has 0 aliphatic carbocycles. The Labute approximate surface area is 125 Å². The van der Waals surface area contributed by atoms with Gasteiger partial charge in [0.15, 0.2) is 17.5 Å². The molecule has 0 atom stereocenters. The fraction of sp³-hybridized carbons (Fsp3) is 0.357. The summed E-state index contributed by atoms with van der Waals surface area (Å²) in [6, 6.07) is 1.75. The van der Waals surface area contributed by atoms with E-state index in [0.717, 1.165) is 18.3 Å². The first-order chi connectivity index (χ1) is 10.4. The number of carbonyl (C=O) groups is 2. The van der Waals surface area contributed by atoms with Crippen LogP contribution in [-0.4, -0.2) is 36.5 Å². The smallest absolute Gasteiger partial charge is 0.325 e. The molecule has 0 amide bonds. The highest BCUT2D eigenvalue weighted by molar-refractivity contribution is 6.09. The second-order valence-electron chi connectivity index (χ2n) is 3.99. The molecular weight excluding hydrogens is 300 g/mol. The topological polar surface area (TPSA) is 85.2 Å². The van der Waals surface area contributed by atoms with Gasteiger partial charge in [-0.3, -0.25) is 14.6 Å². The maximum Gasteiger partial charge on any atom is 0.325 e. The van der Waals surface area contributed by atoms with Crippen LogP contribution < -0.4 is 0 Å². The van der Waals surface area contributed by atoms with Crippen LogP contribution in [-0.2, 0) is 19.1 Å². The summed E-state index contributed by atoms with van der Waals surface area (Å²) in [6.45, 7) is 3.19. The minimum Gasteiger partial charge on any atom is -0.503 e. The molecule has 6 nitrogen and oxygen atoms in total. The molecule has 0 unspecified atom stereocenters. The van der Waals surface area contributed by atoms with Gasteiger partial charge < -0.3 is 14.6 Å². The Morgan fingerprint density at radius 1 is 1.23 bits per heavy atom. The number of esters is 2. The molecule has 1 aromatic carbocycles. The second kappa shape index (κ2) is 8.06. The van der Waals surface area contributed by atoms with Gasteiger partial charge in [-0.1, -0.05) is 0 Å². The SMILES string of the molecule is CCOC(=O)C(C=Nc1ccc(F)c(F)c1O)C(=O)OCC. The molecule has 1 aromatic rings. The van der Waals surface area contributed by atoms with Crippen LogP contribution in [0, 0.1) is 17.6 Å². The molecule has 1 N–H and O–H groups in total. The quantitative estimate of drug-likeness (QED) is 0.494. The highest BCUT2D eigenvalue weighted by Crippen LogP contribution is 2.30. The number of nitrogens with zero attached hydrogens (tertiary/aromatic N) is 1. The highest BCUT2D eigenvalue weighted by atomic mass is 19.2. The Bertz CT molecular complexity index is 571. The summed E-state index contributed by atoms with van der Waals surface area (Å²) in [5, 5.41) is 9.41. The molecule has 1 rings (SSSR count).